The molecule has 1 amide bonds. The fourth-order valence-electron chi connectivity index (χ4n) is 4.15. The van der Waals surface area contributed by atoms with E-state index < -0.39 is 0 Å². The zero-order valence-corrected chi connectivity index (χ0v) is 18.7. The number of rotatable bonds is 6. The standard InChI is InChI=1S/C27H25FN4O2/c28-23-10-12-24(13-11-23)31-16-18-32(19-17-31)26(33)15-14-25-29-27(30-34-25)22-8-6-21(7-9-22)20-4-2-1-3-5-20/h1-13H,14-19H2. The van der Waals surface area contributed by atoms with Gasteiger partial charge in [0.1, 0.15) is 5.82 Å². The molecule has 7 heteroatoms. The average Bonchev–Trinajstić information content (AvgIpc) is 3.38. The van der Waals surface area contributed by atoms with Gasteiger partial charge in [-0.05, 0) is 35.4 Å². The van der Waals surface area contributed by atoms with Crippen LogP contribution in [0.15, 0.2) is 83.4 Å². The van der Waals surface area contributed by atoms with Crippen LogP contribution >= 0.6 is 0 Å². The first kappa shape index (κ1) is 21.8. The molecule has 0 aliphatic carbocycles. The Labute approximate surface area is 197 Å². The van der Waals surface area contributed by atoms with Crippen molar-refractivity contribution in [3.63, 3.8) is 0 Å². The molecule has 0 saturated carbocycles. The number of carbonyl (C=O) groups is 1. The van der Waals surface area contributed by atoms with Crippen LogP contribution in [0.3, 0.4) is 0 Å². The summed E-state index contributed by atoms with van der Waals surface area (Å²) in [6.45, 7) is 2.72. The SMILES string of the molecule is O=C(CCc1nc(-c2ccc(-c3ccccc3)cc2)no1)N1CCN(c2ccc(F)cc2)CC1. The van der Waals surface area contributed by atoms with Crippen molar-refractivity contribution in [2.24, 2.45) is 0 Å². The van der Waals surface area contributed by atoms with Gasteiger partial charge in [-0.25, -0.2) is 4.39 Å². The molecule has 0 atom stereocenters. The molecule has 0 spiro atoms. The Morgan fingerprint density at radius 3 is 2.18 bits per heavy atom. The third-order valence-corrected chi connectivity index (χ3v) is 6.10. The van der Waals surface area contributed by atoms with Crippen molar-refractivity contribution in [3.8, 4) is 22.5 Å². The molecule has 0 unspecified atom stereocenters. The van der Waals surface area contributed by atoms with Crippen LogP contribution < -0.4 is 4.90 Å². The highest BCUT2D eigenvalue weighted by Crippen LogP contribution is 2.23. The Kier molecular flexibility index (Phi) is 6.33. The van der Waals surface area contributed by atoms with Crippen molar-refractivity contribution in [3.05, 3.63) is 90.6 Å². The second-order valence-corrected chi connectivity index (χ2v) is 8.30. The maximum atomic E-state index is 13.1. The molecule has 1 fully saturated rings. The molecule has 4 aromatic rings. The van der Waals surface area contributed by atoms with Crippen LogP contribution in [0.2, 0.25) is 0 Å². The highest BCUT2D eigenvalue weighted by molar-refractivity contribution is 5.76. The number of benzene rings is 3. The molecule has 1 aliphatic rings. The molecule has 0 radical (unpaired) electrons. The smallest absolute Gasteiger partial charge is 0.227 e. The predicted octanol–water partition coefficient (Wildman–Crippen LogP) is 4.82. The number of carbonyl (C=O) groups excluding carboxylic acids is 1. The monoisotopic (exact) mass is 456 g/mol. The molecule has 172 valence electrons. The molecule has 1 aromatic heterocycles. The lowest BCUT2D eigenvalue weighted by atomic mass is 10.0. The van der Waals surface area contributed by atoms with Crippen molar-refractivity contribution >= 4 is 11.6 Å². The summed E-state index contributed by atoms with van der Waals surface area (Å²) in [5.74, 6) is 0.812. The second kappa shape index (κ2) is 9.87. The van der Waals surface area contributed by atoms with Gasteiger partial charge in [0.25, 0.3) is 0 Å². The average molecular weight is 457 g/mol. The van der Waals surface area contributed by atoms with Crippen molar-refractivity contribution < 1.29 is 13.7 Å². The third-order valence-electron chi connectivity index (χ3n) is 6.10. The van der Waals surface area contributed by atoms with Crippen LogP contribution in [-0.2, 0) is 11.2 Å². The van der Waals surface area contributed by atoms with Crippen molar-refractivity contribution in [2.45, 2.75) is 12.8 Å². The molecule has 0 bridgehead atoms. The Morgan fingerprint density at radius 2 is 1.47 bits per heavy atom. The minimum atomic E-state index is -0.244. The number of halogens is 1. The van der Waals surface area contributed by atoms with E-state index in [1.165, 1.54) is 12.1 Å². The van der Waals surface area contributed by atoms with Gasteiger partial charge in [-0.15, -0.1) is 0 Å². The number of anilines is 1. The summed E-state index contributed by atoms with van der Waals surface area (Å²) < 4.78 is 18.5. The maximum Gasteiger partial charge on any atom is 0.227 e. The molecule has 3 aromatic carbocycles. The number of piperazine rings is 1. The normalized spacial score (nSPS) is 13.8. The van der Waals surface area contributed by atoms with Gasteiger partial charge in [0.2, 0.25) is 17.6 Å². The highest BCUT2D eigenvalue weighted by Gasteiger charge is 2.22. The van der Waals surface area contributed by atoms with Crippen LogP contribution in [0, 0.1) is 5.82 Å². The zero-order chi connectivity index (χ0) is 23.3. The number of aryl methyl sites for hydroxylation is 1. The number of hydrogen-bond donors (Lipinski definition) is 0. The highest BCUT2D eigenvalue weighted by atomic mass is 19.1. The summed E-state index contributed by atoms with van der Waals surface area (Å²) in [7, 11) is 0. The van der Waals surface area contributed by atoms with Crippen LogP contribution in [0.4, 0.5) is 10.1 Å². The van der Waals surface area contributed by atoms with Crippen LogP contribution in [0.1, 0.15) is 12.3 Å². The van der Waals surface area contributed by atoms with Gasteiger partial charge in [-0.3, -0.25) is 4.79 Å². The number of nitrogens with zero attached hydrogens (tertiary/aromatic N) is 4. The van der Waals surface area contributed by atoms with Crippen LogP contribution in [-0.4, -0.2) is 47.1 Å². The van der Waals surface area contributed by atoms with E-state index in [0.29, 0.717) is 37.6 Å². The van der Waals surface area contributed by atoms with E-state index in [-0.39, 0.29) is 11.7 Å². The van der Waals surface area contributed by atoms with E-state index in [2.05, 4.69) is 27.2 Å². The van der Waals surface area contributed by atoms with E-state index in [1.807, 2.05) is 47.4 Å². The molecule has 1 aliphatic heterocycles. The predicted molar refractivity (Wildman–Crippen MR) is 129 cm³/mol. The molecular formula is C27H25FN4O2. The molecule has 2 heterocycles. The van der Waals surface area contributed by atoms with Gasteiger partial charge in [-0.1, -0.05) is 59.8 Å². The quantitative estimate of drug-likeness (QED) is 0.416. The van der Waals surface area contributed by atoms with Crippen molar-refractivity contribution in [1.82, 2.24) is 15.0 Å². The first-order valence-corrected chi connectivity index (χ1v) is 11.4. The molecule has 5 rings (SSSR count). The lowest BCUT2D eigenvalue weighted by molar-refractivity contribution is -0.131. The largest absolute Gasteiger partial charge is 0.368 e. The summed E-state index contributed by atoms with van der Waals surface area (Å²) in [6, 6.07) is 24.7. The first-order chi connectivity index (χ1) is 16.7. The Balaban J connectivity index is 1.13. The van der Waals surface area contributed by atoms with Crippen LogP contribution in [0.25, 0.3) is 22.5 Å². The topological polar surface area (TPSA) is 62.5 Å². The Bertz CT molecular complexity index is 1230. The van der Waals surface area contributed by atoms with Gasteiger partial charge in [0.05, 0.1) is 0 Å². The fraction of sp³-hybridized carbons (Fsp3) is 0.222. The summed E-state index contributed by atoms with van der Waals surface area (Å²) in [5, 5.41) is 4.08. The number of amides is 1. The molecule has 0 N–H and O–H groups in total. The van der Waals surface area contributed by atoms with Crippen molar-refractivity contribution in [2.75, 3.05) is 31.1 Å². The zero-order valence-electron chi connectivity index (χ0n) is 18.7. The molecule has 34 heavy (non-hydrogen) atoms. The summed E-state index contributed by atoms with van der Waals surface area (Å²) in [5.41, 5.74) is 4.12. The fourth-order valence-corrected chi connectivity index (χ4v) is 4.15. The van der Waals surface area contributed by atoms with Gasteiger partial charge >= 0.3 is 0 Å². The van der Waals surface area contributed by atoms with E-state index in [0.717, 1.165) is 35.5 Å². The van der Waals surface area contributed by atoms with E-state index in [4.69, 9.17) is 4.52 Å². The van der Waals surface area contributed by atoms with Gasteiger partial charge in [0.15, 0.2) is 0 Å². The molecule has 6 nitrogen and oxygen atoms in total. The van der Waals surface area contributed by atoms with Crippen molar-refractivity contribution in [1.29, 1.82) is 0 Å². The summed E-state index contributed by atoms with van der Waals surface area (Å²) in [6.07, 6.45) is 0.733. The Morgan fingerprint density at radius 1 is 0.824 bits per heavy atom. The minimum absolute atomic E-state index is 0.0747. The maximum absolute atomic E-state index is 13.1. The lowest BCUT2D eigenvalue weighted by Gasteiger charge is -2.36. The van der Waals surface area contributed by atoms with E-state index in [1.54, 1.807) is 12.1 Å². The molecule has 1 saturated heterocycles. The van der Waals surface area contributed by atoms with E-state index in [9.17, 15) is 9.18 Å². The third kappa shape index (κ3) is 4.98. The molecular weight excluding hydrogens is 431 g/mol. The second-order valence-electron chi connectivity index (χ2n) is 8.30. The summed E-state index contributed by atoms with van der Waals surface area (Å²) in [4.78, 5) is 21.2. The van der Waals surface area contributed by atoms with E-state index >= 15 is 0 Å². The Hall–Kier alpha value is -4.00. The number of aromatic nitrogens is 2. The summed E-state index contributed by atoms with van der Waals surface area (Å²) >= 11 is 0. The first-order valence-electron chi connectivity index (χ1n) is 11.4. The van der Waals surface area contributed by atoms with Gasteiger partial charge < -0.3 is 14.3 Å². The van der Waals surface area contributed by atoms with Gasteiger partial charge in [-0.2, -0.15) is 4.98 Å². The van der Waals surface area contributed by atoms with Gasteiger partial charge in [0, 0.05) is 50.3 Å². The van der Waals surface area contributed by atoms with Crippen LogP contribution in [0.5, 0.6) is 0 Å². The lowest BCUT2D eigenvalue weighted by Crippen LogP contribution is -2.48. The number of hydrogen-bond acceptors (Lipinski definition) is 5. The minimum Gasteiger partial charge on any atom is -0.368 e.